The molecule has 2 aromatic rings. The van der Waals surface area contributed by atoms with Crippen molar-refractivity contribution in [3.63, 3.8) is 0 Å². The Balaban J connectivity index is 1.69. The van der Waals surface area contributed by atoms with Crippen LogP contribution in [0.5, 0.6) is 5.75 Å². The van der Waals surface area contributed by atoms with Crippen LogP contribution in [0.15, 0.2) is 54.7 Å². The number of likely N-dealkylation sites (tertiary alicyclic amines) is 1. The maximum absolute atomic E-state index is 12.8. The smallest absolute Gasteiger partial charge is 0.225 e. The lowest BCUT2D eigenvalue weighted by Crippen LogP contribution is -2.45. The van der Waals surface area contributed by atoms with E-state index in [0.29, 0.717) is 5.92 Å². The van der Waals surface area contributed by atoms with Gasteiger partial charge in [0, 0.05) is 30.3 Å². The summed E-state index contributed by atoms with van der Waals surface area (Å²) in [7, 11) is 1.70. The molecule has 3 rings (SSSR count). The highest BCUT2D eigenvalue weighted by molar-refractivity contribution is 5.81. The molecule has 5 nitrogen and oxygen atoms in total. The maximum atomic E-state index is 12.8. The second kappa shape index (κ2) is 10.6. The van der Waals surface area contributed by atoms with E-state index in [1.54, 1.807) is 7.11 Å². The minimum atomic E-state index is -0.432. The highest BCUT2D eigenvalue weighted by atomic mass is 16.5. The van der Waals surface area contributed by atoms with Crippen LogP contribution in [-0.4, -0.2) is 42.5 Å². The van der Waals surface area contributed by atoms with Gasteiger partial charge < -0.3 is 10.1 Å². The van der Waals surface area contributed by atoms with E-state index in [2.05, 4.69) is 33.4 Å². The average molecular weight is 422 g/mol. The molecule has 1 saturated heterocycles. The number of hydrogen-bond donors (Lipinski definition) is 1. The van der Waals surface area contributed by atoms with E-state index in [9.17, 15) is 4.79 Å². The molecule has 2 heterocycles. The highest BCUT2D eigenvalue weighted by Gasteiger charge is 2.32. The molecule has 1 aliphatic rings. The molecule has 2 atom stereocenters. The van der Waals surface area contributed by atoms with Gasteiger partial charge in [-0.25, -0.2) is 0 Å². The van der Waals surface area contributed by atoms with Crippen molar-refractivity contribution in [3.8, 4) is 5.75 Å². The Morgan fingerprint density at radius 3 is 2.74 bits per heavy atom. The van der Waals surface area contributed by atoms with Gasteiger partial charge in [0.2, 0.25) is 5.91 Å². The van der Waals surface area contributed by atoms with Crippen LogP contribution < -0.4 is 10.1 Å². The molecule has 1 aliphatic heterocycles. The van der Waals surface area contributed by atoms with Crippen molar-refractivity contribution in [2.45, 2.75) is 39.7 Å². The topological polar surface area (TPSA) is 54.5 Å². The molecule has 1 amide bonds. The van der Waals surface area contributed by atoms with Gasteiger partial charge in [-0.2, -0.15) is 0 Å². The van der Waals surface area contributed by atoms with Gasteiger partial charge in [0.1, 0.15) is 5.75 Å². The Kier molecular flexibility index (Phi) is 7.85. The molecule has 0 bridgehead atoms. The summed E-state index contributed by atoms with van der Waals surface area (Å²) < 4.78 is 5.44. The molecule has 0 spiro atoms. The molecule has 5 heteroatoms. The van der Waals surface area contributed by atoms with E-state index >= 15 is 0 Å². The van der Waals surface area contributed by atoms with Crippen LogP contribution in [0.4, 0.5) is 0 Å². The fourth-order valence-corrected chi connectivity index (χ4v) is 4.01. The van der Waals surface area contributed by atoms with Gasteiger partial charge in [0.25, 0.3) is 0 Å². The number of ether oxygens (including phenoxy) is 1. The lowest BCUT2D eigenvalue weighted by Gasteiger charge is -2.37. The Hall–Kier alpha value is -2.66. The van der Waals surface area contributed by atoms with Gasteiger partial charge >= 0.3 is 0 Å². The van der Waals surface area contributed by atoms with Crippen LogP contribution in [0.25, 0.3) is 6.08 Å². The Bertz CT molecular complexity index is 874. The lowest BCUT2D eigenvalue weighted by atomic mass is 9.86. The third kappa shape index (κ3) is 6.41. The van der Waals surface area contributed by atoms with E-state index in [1.807, 2.05) is 63.4 Å². The zero-order chi connectivity index (χ0) is 22.3. The van der Waals surface area contributed by atoms with E-state index < -0.39 is 5.41 Å². The summed E-state index contributed by atoms with van der Waals surface area (Å²) in [6.45, 7) is 8.72. The second-order valence-electron chi connectivity index (χ2n) is 9.26. The molecular weight excluding hydrogens is 386 g/mol. The van der Waals surface area contributed by atoms with Crippen molar-refractivity contribution >= 4 is 12.0 Å². The number of benzene rings is 1. The summed E-state index contributed by atoms with van der Waals surface area (Å²) in [6.07, 6.45) is 8.33. The summed E-state index contributed by atoms with van der Waals surface area (Å²) in [5.74, 6) is 1.28. The Morgan fingerprint density at radius 2 is 2.03 bits per heavy atom. The summed E-state index contributed by atoms with van der Waals surface area (Å²) >= 11 is 0. The number of hydrogen-bond acceptors (Lipinski definition) is 4. The van der Waals surface area contributed by atoms with Crippen molar-refractivity contribution < 1.29 is 9.53 Å². The fraction of sp³-hybridized carbons (Fsp3) is 0.462. The monoisotopic (exact) mass is 421 g/mol. The first kappa shape index (κ1) is 23.0. The third-order valence-electron chi connectivity index (χ3n) is 5.79. The minimum absolute atomic E-state index is 0.0661. The molecule has 1 aromatic carbocycles. The average Bonchev–Trinajstić information content (AvgIpc) is 2.77. The molecule has 1 N–H and O–H groups in total. The van der Waals surface area contributed by atoms with Gasteiger partial charge in [-0.1, -0.05) is 57.2 Å². The maximum Gasteiger partial charge on any atom is 0.225 e. The first-order valence-corrected chi connectivity index (χ1v) is 11.1. The molecular formula is C26H35N3O2. The lowest BCUT2D eigenvalue weighted by molar-refractivity contribution is -0.129. The van der Waals surface area contributed by atoms with E-state index in [0.717, 1.165) is 49.5 Å². The molecule has 31 heavy (non-hydrogen) atoms. The SMILES string of the molecule is COc1ccccc1C=CCN1CCCC(C(NC(=O)C(C)(C)C)c2ccccn2)C1. The van der Waals surface area contributed by atoms with Gasteiger partial charge in [0.05, 0.1) is 18.8 Å². The van der Waals surface area contributed by atoms with Crippen LogP contribution in [0.3, 0.4) is 0 Å². The number of methoxy groups -OCH3 is 1. The number of aromatic nitrogens is 1. The predicted molar refractivity (Wildman–Crippen MR) is 126 cm³/mol. The van der Waals surface area contributed by atoms with Crippen molar-refractivity contribution in [1.82, 2.24) is 15.2 Å². The predicted octanol–water partition coefficient (Wildman–Crippen LogP) is 4.72. The van der Waals surface area contributed by atoms with Crippen LogP contribution in [0.2, 0.25) is 0 Å². The second-order valence-corrected chi connectivity index (χ2v) is 9.26. The highest BCUT2D eigenvalue weighted by Crippen LogP contribution is 2.30. The van der Waals surface area contributed by atoms with Crippen molar-refractivity contribution in [2.24, 2.45) is 11.3 Å². The zero-order valence-electron chi connectivity index (χ0n) is 19.2. The molecule has 166 valence electrons. The van der Waals surface area contributed by atoms with Crippen LogP contribution >= 0.6 is 0 Å². The minimum Gasteiger partial charge on any atom is -0.496 e. The molecule has 1 aromatic heterocycles. The number of amides is 1. The van der Waals surface area contributed by atoms with Crippen LogP contribution in [0.1, 0.15) is 50.9 Å². The number of carbonyl (C=O) groups is 1. The molecule has 1 fully saturated rings. The quantitative estimate of drug-likeness (QED) is 0.703. The molecule has 0 saturated carbocycles. The fourth-order valence-electron chi connectivity index (χ4n) is 4.01. The summed E-state index contributed by atoms with van der Waals surface area (Å²) in [6, 6.07) is 13.9. The third-order valence-corrected chi connectivity index (χ3v) is 5.79. The molecule has 0 radical (unpaired) electrons. The first-order valence-electron chi connectivity index (χ1n) is 11.1. The summed E-state index contributed by atoms with van der Waals surface area (Å²) in [5.41, 5.74) is 1.60. The number of nitrogens with one attached hydrogen (secondary N) is 1. The van der Waals surface area contributed by atoms with Gasteiger partial charge in [-0.3, -0.25) is 14.7 Å². The number of pyridine rings is 1. The summed E-state index contributed by atoms with van der Waals surface area (Å²) in [5, 5.41) is 3.30. The standard InChI is InChI=1S/C26H35N3O2/c1-26(2,3)25(30)28-24(22-14-7-8-16-27-22)21-13-10-18-29(19-21)17-9-12-20-11-5-6-15-23(20)31-4/h5-9,11-12,14-16,21,24H,10,13,17-19H2,1-4H3,(H,28,30). The Morgan fingerprint density at radius 1 is 1.26 bits per heavy atom. The van der Waals surface area contributed by atoms with Crippen LogP contribution in [0, 0.1) is 11.3 Å². The number of rotatable bonds is 7. The number of carbonyl (C=O) groups excluding carboxylic acids is 1. The van der Waals surface area contributed by atoms with Gasteiger partial charge in [-0.05, 0) is 43.5 Å². The van der Waals surface area contributed by atoms with E-state index in [4.69, 9.17) is 4.74 Å². The normalized spacial score (nSPS) is 18.6. The zero-order valence-corrected chi connectivity index (χ0v) is 19.2. The largest absolute Gasteiger partial charge is 0.496 e. The Labute approximate surface area is 186 Å². The number of piperidine rings is 1. The van der Waals surface area contributed by atoms with Gasteiger partial charge in [-0.15, -0.1) is 0 Å². The first-order chi connectivity index (χ1) is 14.9. The van der Waals surface area contributed by atoms with Crippen molar-refractivity contribution in [3.05, 3.63) is 66.0 Å². The van der Waals surface area contributed by atoms with Crippen molar-refractivity contribution in [2.75, 3.05) is 26.7 Å². The number of nitrogens with zero attached hydrogens (tertiary/aromatic N) is 2. The molecule has 2 unspecified atom stereocenters. The van der Waals surface area contributed by atoms with Crippen LogP contribution in [-0.2, 0) is 4.79 Å². The van der Waals surface area contributed by atoms with E-state index in [-0.39, 0.29) is 11.9 Å². The van der Waals surface area contributed by atoms with E-state index in [1.165, 1.54) is 0 Å². The number of para-hydroxylation sites is 1. The van der Waals surface area contributed by atoms with Crippen molar-refractivity contribution in [1.29, 1.82) is 0 Å². The van der Waals surface area contributed by atoms with Gasteiger partial charge in [0.15, 0.2) is 0 Å². The summed E-state index contributed by atoms with van der Waals surface area (Å²) in [4.78, 5) is 19.8. The molecule has 0 aliphatic carbocycles.